The number of halogens is 1. The van der Waals surface area contributed by atoms with Crippen molar-refractivity contribution in [2.75, 3.05) is 0 Å². The Bertz CT molecular complexity index is 705. The Morgan fingerprint density at radius 2 is 1.70 bits per heavy atom. The second-order valence-electron chi connectivity index (χ2n) is 4.46. The van der Waals surface area contributed by atoms with Crippen LogP contribution in [0.15, 0.2) is 60.8 Å². The van der Waals surface area contributed by atoms with E-state index in [1.54, 1.807) is 10.9 Å². The van der Waals surface area contributed by atoms with Crippen molar-refractivity contribution in [2.24, 2.45) is 0 Å². The van der Waals surface area contributed by atoms with Crippen LogP contribution in [-0.4, -0.2) is 9.78 Å². The lowest BCUT2D eigenvalue weighted by molar-refractivity contribution is 0.483. The van der Waals surface area contributed by atoms with Crippen LogP contribution < -0.4 is 4.74 Å². The van der Waals surface area contributed by atoms with Gasteiger partial charge in [0.05, 0.1) is 11.9 Å². The third-order valence-corrected chi connectivity index (χ3v) is 3.28. The average Bonchev–Trinajstić information content (AvgIpc) is 2.83. The highest BCUT2D eigenvalue weighted by atomic mass is 35.5. The van der Waals surface area contributed by atoms with Crippen LogP contribution in [0.2, 0.25) is 5.15 Å². The van der Waals surface area contributed by atoms with E-state index in [0.717, 1.165) is 11.4 Å². The van der Waals surface area contributed by atoms with Gasteiger partial charge in [0.25, 0.3) is 0 Å². The van der Waals surface area contributed by atoms with Crippen LogP contribution in [0, 0.1) is 6.92 Å². The fraction of sp³-hybridized carbons (Fsp3) is 0.0625. The minimum absolute atomic E-state index is 0.456. The zero-order valence-corrected chi connectivity index (χ0v) is 11.7. The molecular weight excluding hydrogens is 272 g/mol. The number of ether oxygens (including phenoxy) is 1. The Morgan fingerprint density at radius 1 is 1.00 bits per heavy atom. The summed E-state index contributed by atoms with van der Waals surface area (Å²) in [5, 5.41) is 4.73. The molecule has 0 aliphatic heterocycles. The molecule has 3 rings (SSSR count). The maximum atomic E-state index is 6.32. The fourth-order valence-corrected chi connectivity index (χ4v) is 2.10. The van der Waals surface area contributed by atoms with Crippen LogP contribution in [0.4, 0.5) is 0 Å². The molecule has 0 saturated heterocycles. The van der Waals surface area contributed by atoms with Gasteiger partial charge in [-0.25, -0.2) is 4.68 Å². The van der Waals surface area contributed by atoms with Gasteiger partial charge in [-0.2, -0.15) is 5.10 Å². The van der Waals surface area contributed by atoms with Crippen LogP contribution in [0.1, 0.15) is 5.56 Å². The molecule has 0 bridgehead atoms. The average molecular weight is 285 g/mol. The van der Waals surface area contributed by atoms with Gasteiger partial charge in [-0.15, -0.1) is 0 Å². The van der Waals surface area contributed by atoms with E-state index in [4.69, 9.17) is 16.3 Å². The molecule has 0 saturated carbocycles. The summed E-state index contributed by atoms with van der Waals surface area (Å²) in [5.74, 6) is 1.27. The fourth-order valence-electron chi connectivity index (χ4n) is 1.87. The highest BCUT2D eigenvalue weighted by molar-refractivity contribution is 6.31. The minimum atomic E-state index is 0.456. The van der Waals surface area contributed by atoms with Crippen molar-refractivity contribution < 1.29 is 4.74 Å². The molecule has 1 aromatic heterocycles. The lowest BCUT2D eigenvalue weighted by Crippen LogP contribution is -1.96. The van der Waals surface area contributed by atoms with Crippen molar-refractivity contribution in [1.29, 1.82) is 0 Å². The van der Waals surface area contributed by atoms with Crippen molar-refractivity contribution in [3.63, 3.8) is 0 Å². The maximum absolute atomic E-state index is 6.32. The molecule has 0 spiro atoms. The second kappa shape index (κ2) is 5.39. The smallest absolute Gasteiger partial charge is 0.184 e. The monoisotopic (exact) mass is 284 g/mol. The number of benzene rings is 2. The zero-order chi connectivity index (χ0) is 13.9. The first kappa shape index (κ1) is 12.8. The van der Waals surface area contributed by atoms with Crippen LogP contribution >= 0.6 is 11.6 Å². The van der Waals surface area contributed by atoms with Crippen molar-refractivity contribution >= 4 is 11.6 Å². The molecule has 0 unspecified atom stereocenters. The van der Waals surface area contributed by atoms with Crippen LogP contribution in [0.3, 0.4) is 0 Å². The van der Waals surface area contributed by atoms with Crippen LogP contribution in [0.5, 0.6) is 11.5 Å². The topological polar surface area (TPSA) is 27.1 Å². The molecule has 0 atom stereocenters. The van der Waals surface area contributed by atoms with Gasteiger partial charge in [0.15, 0.2) is 10.9 Å². The first-order valence-corrected chi connectivity index (χ1v) is 6.65. The summed E-state index contributed by atoms with van der Waals surface area (Å²) in [4.78, 5) is 0. The molecule has 1 heterocycles. The molecule has 100 valence electrons. The zero-order valence-electron chi connectivity index (χ0n) is 11.0. The summed E-state index contributed by atoms with van der Waals surface area (Å²) in [7, 11) is 0. The second-order valence-corrected chi connectivity index (χ2v) is 4.82. The van der Waals surface area contributed by atoms with E-state index >= 15 is 0 Å². The number of aromatic nitrogens is 2. The van der Waals surface area contributed by atoms with Gasteiger partial charge in [0.1, 0.15) is 5.75 Å². The van der Waals surface area contributed by atoms with Gasteiger partial charge in [-0.05, 0) is 31.2 Å². The predicted molar refractivity (Wildman–Crippen MR) is 79.8 cm³/mol. The molecule has 0 radical (unpaired) electrons. The van der Waals surface area contributed by atoms with Gasteiger partial charge in [0.2, 0.25) is 0 Å². The molecule has 0 aliphatic rings. The largest absolute Gasteiger partial charge is 0.452 e. The normalized spacial score (nSPS) is 10.5. The summed E-state index contributed by atoms with van der Waals surface area (Å²) in [6.45, 7) is 2.04. The molecule has 20 heavy (non-hydrogen) atoms. The van der Waals surface area contributed by atoms with Gasteiger partial charge in [-0.3, -0.25) is 0 Å². The molecule has 0 aliphatic carbocycles. The van der Waals surface area contributed by atoms with E-state index in [1.807, 2.05) is 61.5 Å². The Kier molecular flexibility index (Phi) is 3.44. The van der Waals surface area contributed by atoms with Crippen molar-refractivity contribution in [1.82, 2.24) is 9.78 Å². The number of hydrogen-bond acceptors (Lipinski definition) is 2. The summed E-state index contributed by atoms with van der Waals surface area (Å²) in [5.41, 5.74) is 2.10. The lowest BCUT2D eigenvalue weighted by atomic mass is 10.2. The first-order valence-electron chi connectivity index (χ1n) is 6.27. The predicted octanol–water partition coefficient (Wildman–Crippen LogP) is 4.63. The van der Waals surface area contributed by atoms with Crippen LogP contribution in [0.25, 0.3) is 5.69 Å². The van der Waals surface area contributed by atoms with E-state index in [1.165, 1.54) is 5.56 Å². The Balaban J connectivity index is 1.91. The number of para-hydroxylation sites is 1. The molecule has 4 heteroatoms. The highest BCUT2D eigenvalue weighted by Gasteiger charge is 2.11. The third-order valence-electron chi connectivity index (χ3n) is 2.93. The first-order chi connectivity index (χ1) is 9.74. The van der Waals surface area contributed by atoms with Gasteiger partial charge in [0, 0.05) is 0 Å². The van der Waals surface area contributed by atoms with E-state index in [-0.39, 0.29) is 0 Å². The Morgan fingerprint density at radius 3 is 2.40 bits per heavy atom. The molecule has 2 aromatic carbocycles. The summed E-state index contributed by atoms with van der Waals surface area (Å²) >= 11 is 6.32. The molecule has 0 N–H and O–H groups in total. The molecular formula is C16H13ClN2O. The van der Waals surface area contributed by atoms with E-state index < -0.39 is 0 Å². The molecule has 0 fully saturated rings. The SMILES string of the molecule is Cc1ccc(-n2ncc(Oc3ccccc3)c2Cl)cc1. The number of hydrogen-bond donors (Lipinski definition) is 0. The number of nitrogens with zero attached hydrogens (tertiary/aromatic N) is 2. The molecule has 3 aromatic rings. The van der Waals surface area contributed by atoms with Crippen molar-refractivity contribution in [3.8, 4) is 17.2 Å². The highest BCUT2D eigenvalue weighted by Crippen LogP contribution is 2.30. The maximum Gasteiger partial charge on any atom is 0.184 e. The quantitative estimate of drug-likeness (QED) is 0.701. The number of aryl methyl sites for hydroxylation is 1. The van der Waals surface area contributed by atoms with E-state index in [0.29, 0.717) is 10.9 Å². The Hall–Kier alpha value is -2.26. The molecule has 0 amide bonds. The minimum Gasteiger partial charge on any atom is -0.452 e. The standard InChI is InChI=1S/C16H13ClN2O/c1-12-7-9-13(10-8-12)19-16(17)15(11-18-19)20-14-5-3-2-4-6-14/h2-11H,1H3. The van der Waals surface area contributed by atoms with Gasteiger partial charge in [-0.1, -0.05) is 47.5 Å². The van der Waals surface area contributed by atoms with Gasteiger partial charge >= 0.3 is 0 Å². The van der Waals surface area contributed by atoms with Crippen molar-refractivity contribution in [2.45, 2.75) is 6.92 Å². The molecule has 3 nitrogen and oxygen atoms in total. The Labute approximate surface area is 122 Å². The van der Waals surface area contributed by atoms with E-state index in [9.17, 15) is 0 Å². The lowest BCUT2D eigenvalue weighted by Gasteiger charge is -2.05. The summed E-state index contributed by atoms with van der Waals surface area (Å²) < 4.78 is 7.37. The van der Waals surface area contributed by atoms with Gasteiger partial charge < -0.3 is 4.74 Å². The van der Waals surface area contributed by atoms with Crippen LogP contribution in [-0.2, 0) is 0 Å². The van der Waals surface area contributed by atoms with E-state index in [2.05, 4.69) is 5.10 Å². The van der Waals surface area contributed by atoms with Crippen molar-refractivity contribution in [3.05, 3.63) is 71.5 Å². The third kappa shape index (κ3) is 2.53. The summed E-state index contributed by atoms with van der Waals surface area (Å²) in [6, 6.07) is 17.5. The summed E-state index contributed by atoms with van der Waals surface area (Å²) in [6.07, 6.45) is 1.62. The number of rotatable bonds is 3.